The maximum absolute atomic E-state index is 12.4. The second-order valence-electron chi connectivity index (χ2n) is 5.19. The first kappa shape index (κ1) is 17.2. The van der Waals surface area contributed by atoms with Gasteiger partial charge in [-0.3, -0.25) is 9.59 Å². The molecule has 0 saturated carbocycles. The number of sulfonamides is 1. The Morgan fingerprint density at radius 1 is 1.39 bits per heavy atom. The van der Waals surface area contributed by atoms with Crippen LogP contribution in [0.2, 0.25) is 0 Å². The molecule has 1 aromatic rings. The lowest BCUT2D eigenvalue weighted by Crippen LogP contribution is -2.45. The van der Waals surface area contributed by atoms with Gasteiger partial charge in [0.2, 0.25) is 15.9 Å². The number of methoxy groups -OCH3 is 1. The van der Waals surface area contributed by atoms with Gasteiger partial charge >= 0.3 is 0 Å². The van der Waals surface area contributed by atoms with Gasteiger partial charge in [-0.15, -0.1) is 0 Å². The number of amides is 2. The zero-order valence-electron chi connectivity index (χ0n) is 12.7. The van der Waals surface area contributed by atoms with Crippen molar-refractivity contribution in [1.82, 2.24) is 10.0 Å². The highest BCUT2D eigenvalue weighted by Crippen LogP contribution is 2.22. The Hall–Kier alpha value is -2.13. The predicted molar refractivity (Wildman–Crippen MR) is 82.5 cm³/mol. The lowest BCUT2D eigenvalue weighted by Gasteiger charge is -2.16. The van der Waals surface area contributed by atoms with Gasteiger partial charge in [0.1, 0.15) is 11.8 Å². The monoisotopic (exact) mass is 341 g/mol. The molecular formula is C14H19N3O5S. The van der Waals surface area contributed by atoms with Crippen molar-refractivity contribution >= 4 is 21.8 Å². The van der Waals surface area contributed by atoms with Crippen molar-refractivity contribution in [1.29, 1.82) is 0 Å². The molecule has 1 aliphatic rings. The highest BCUT2D eigenvalue weighted by Gasteiger charge is 2.27. The van der Waals surface area contributed by atoms with Crippen molar-refractivity contribution in [3.8, 4) is 5.75 Å². The number of carbonyl (C=O) groups is 2. The lowest BCUT2D eigenvalue weighted by molar-refractivity contribution is -0.122. The first-order valence-corrected chi connectivity index (χ1v) is 8.61. The van der Waals surface area contributed by atoms with Crippen molar-refractivity contribution in [3.05, 3.63) is 23.8 Å². The minimum atomic E-state index is -3.96. The summed E-state index contributed by atoms with van der Waals surface area (Å²) < 4.78 is 32.2. The van der Waals surface area contributed by atoms with Gasteiger partial charge in [0.25, 0.3) is 5.91 Å². The second kappa shape index (κ2) is 6.97. The highest BCUT2D eigenvalue weighted by atomic mass is 32.2. The van der Waals surface area contributed by atoms with E-state index in [1.807, 2.05) is 0 Å². The van der Waals surface area contributed by atoms with E-state index >= 15 is 0 Å². The van der Waals surface area contributed by atoms with Crippen LogP contribution < -0.4 is 20.5 Å². The fourth-order valence-corrected chi connectivity index (χ4v) is 3.61. The average Bonchev–Trinajstić information content (AvgIpc) is 2.71. The van der Waals surface area contributed by atoms with Gasteiger partial charge in [-0.05, 0) is 37.5 Å². The molecule has 1 atom stereocenters. The average molecular weight is 341 g/mol. The van der Waals surface area contributed by atoms with Crippen molar-refractivity contribution in [2.75, 3.05) is 13.7 Å². The van der Waals surface area contributed by atoms with Gasteiger partial charge in [-0.1, -0.05) is 0 Å². The summed E-state index contributed by atoms with van der Waals surface area (Å²) in [5.41, 5.74) is 5.19. The summed E-state index contributed by atoms with van der Waals surface area (Å²) in [4.78, 5) is 23.1. The van der Waals surface area contributed by atoms with Gasteiger partial charge in [0.05, 0.1) is 17.6 Å². The first-order valence-electron chi connectivity index (χ1n) is 7.13. The molecule has 1 aliphatic heterocycles. The standard InChI is InChI=1S/C14H19N3O5S/c1-22-12-6-5-9(8-10(12)13(15)18)23(20,21)17-11-4-2-3-7-16-14(11)19/h5-6,8,11,17H,2-4,7H2,1H3,(H2,15,18)(H,16,19)/t11-/m1/s1. The Balaban J connectivity index is 2.30. The van der Waals surface area contributed by atoms with Crippen molar-refractivity contribution in [2.24, 2.45) is 5.73 Å². The van der Waals surface area contributed by atoms with E-state index in [-0.39, 0.29) is 22.1 Å². The van der Waals surface area contributed by atoms with E-state index in [0.717, 1.165) is 18.9 Å². The molecule has 1 aromatic carbocycles. The molecule has 1 heterocycles. The maximum Gasteiger partial charge on any atom is 0.252 e. The molecule has 126 valence electrons. The minimum absolute atomic E-state index is 0.0410. The topological polar surface area (TPSA) is 128 Å². The van der Waals surface area contributed by atoms with E-state index < -0.39 is 22.0 Å². The largest absolute Gasteiger partial charge is 0.496 e. The van der Waals surface area contributed by atoms with Crippen LogP contribution in [0.3, 0.4) is 0 Å². The van der Waals surface area contributed by atoms with Crippen molar-refractivity contribution in [2.45, 2.75) is 30.2 Å². The number of rotatable bonds is 5. The smallest absolute Gasteiger partial charge is 0.252 e. The van der Waals surface area contributed by atoms with Crippen LogP contribution in [0.4, 0.5) is 0 Å². The molecule has 4 N–H and O–H groups in total. The van der Waals surface area contributed by atoms with Crippen LogP contribution in [-0.4, -0.2) is 39.9 Å². The summed E-state index contributed by atoms with van der Waals surface area (Å²) in [5.74, 6) is -0.968. The van der Waals surface area contributed by atoms with Crippen LogP contribution in [0.25, 0.3) is 0 Å². The van der Waals surface area contributed by atoms with Crippen LogP contribution in [0, 0.1) is 0 Å². The van der Waals surface area contributed by atoms with E-state index in [9.17, 15) is 18.0 Å². The molecule has 0 radical (unpaired) electrons. The summed E-state index contributed by atoms with van der Waals surface area (Å²) in [6.07, 6.45) is 1.96. The molecular weight excluding hydrogens is 322 g/mol. The van der Waals surface area contributed by atoms with E-state index in [2.05, 4.69) is 10.0 Å². The Kier molecular flexibility index (Phi) is 5.22. The molecule has 0 aromatic heterocycles. The van der Waals surface area contributed by atoms with E-state index in [1.165, 1.54) is 19.2 Å². The summed E-state index contributed by atoms with van der Waals surface area (Å²) in [5, 5.41) is 2.66. The summed E-state index contributed by atoms with van der Waals surface area (Å²) >= 11 is 0. The number of ether oxygens (including phenoxy) is 1. The van der Waals surface area contributed by atoms with Crippen molar-refractivity contribution < 1.29 is 22.7 Å². The SMILES string of the molecule is COc1ccc(S(=O)(=O)N[C@@H]2CCCCNC2=O)cc1C(N)=O. The van der Waals surface area contributed by atoms with Gasteiger partial charge in [-0.2, -0.15) is 4.72 Å². The van der Waals surface area contributed by atoms with E-state index in [4.69, 9.17) is 10.5 Å². The number of hydrogen-bond donors (Lipinski definition) is 3. The Morgan fingerprint density at radius 2 is 2.13 bits per heavy atom. The molecule has 23 heavy (non-hydrogen) atoms. The number of benzene rings is 1. The number of primary amides is 1. The Morgan fingerprint density at radius 3 is 2.78 bits per heavy atom. The normalized spacial score (nSPS) is 18.8. The quantitative estimate of drug-likeness (QED) is 0.680. The van der Waals surface area contributed by atoms with Crippen LogP contribution in [-0.2, 0) is 14.8 Å². The van der Waals surface area contributed by atoms with Crippen LogP contribution in [0.5, 0.6) is 5.75 Å². The molecule has 0 unspecified atom stereocenters. The fourth-order valence-electron chi connectivity index (χ4n) is 2.35. The third-order valence-electron chi connectivity index (χ3n) is 3.58. The maximum atomic E-state index is 12.4. The molecule has 0 aliphatic carbocycles. The van der Waals surface area contributed by atoms with Gasteiger partial charge in [-0.25, -0.2) is 8.42 Å². The van der Waals surface area contributed by atoms with Gasteiger partial charge in [0, 0.05) is 6.54 Å². The highest BCUT2D eigenvalue weighted by molar-refractivity contribution is 7.89. The summed E-state index contributed by atoms with van der Waals surface area (Å²) in [6.45, 7) is 0.533. The molecule has 1 saturated heterocycles. The number of nitrogens with two attached hydrogens (primary N) is 1. The molecule has 9 heteroatoms. The van der Waals surface area contributed by atoms with E-state index in [0.29, 0.717) is 13.0 Å². The molecule has 1 fully saturated rings. The third kappa shape index (κ3) is 3.99. The van der Waals surface area contributed by atoms with Crippen LogP contribution in [0.1, 0.15) is 29.6 Å². The minimum Gasteiger partial charge on any atom is -0.496 e. The number of nitrogens with one attached hydrogen (secondary N) is 2. The summed E-state index contributed by atoms with van der Waals surface area (Å²) in [7, 11) is -2.61. The molecule has 0 bridgehead atoms. The number of hydrogen-bond acceptors (Lipinski definition) is 5. The van der Waals surface area contributed by atoms with Crippen LogP contribution in [0.15, 0.2) is 23.1 Å². The van der Waals surface area contributed by atoms with Gasteiger partial charge in [0.15, 0.2) is 0 Å². The Labute approximate surface area is 134 Å². The fraction of sp³-hybridized carbons (Fsp3) is 0.429. The van der Waals surface area contributed by atoms with Crippen LogP contribution >= 0.6 is 0 Å². The molecule has 2 rings (SSSR count). The zero-order chi connectivity index (χ0) is 17.0. The summed E-state index contributed by atoms with van der Waals surface area (Å²) in [6, 6.07) is 2.95. The first-order chi connectivity index (χ1) is 10.8. The molecule has 2 amide bonds. The zero-order valence-corrected chi connectivity index (χ0v) is 13.5. The van der Waals surface area contributed by atoms with E-state index in [1.54, 1.807) is 0 Å². The molecule has 0 spiro atoms. The van der Waals surface area contributed by atoms with Gasteiger partial charge < -0.3 is 15.8 Å². The predicted octanol–water partition coefficient (Wildman–Crippen LogP) is -0.259. The second-order valence-corrected chi connectivity index (χ2v) is 6.90. The van der Waals surface area contributed by atoms with Crippen molar-refractivity contribution in [3.63, 3.8) is 0 Å². The molecule has 8 nitrogen and oxygen atoms in total. The number of carbonyl (C=O) groups excluding carboxylic acids is 2. The third-order valence-corrected chi connectivity index (χ3v) is 5.05. The Bertz CT molecular complexity index is 717. The lowest BCUT2D eigenvalue weighted by atomic mass is 10.1.